The monoisotopic (exact) mass is 358 g/mol. The third-order valence-electron chi connectivity index (χ3n) is 7.15. The molecule has 0 saturated heterocycles. The average Bonchev–Trinajstić information content (AvgIpc) is 2.68. The van der Waals surface area contributed by atoms with E-state index in [0.717, 1.165) is 23.7 Å². The van der Waals surface area contributed by atoms with Crippen molar-refractivity contribution in [3.8, 4) is 0 Å². The SMILES string of the molecule is CC/C=C/CC1CCC(CCCCC2CCC(C/C=C/CC)CC2)CC1. The lowest BCUT2D eigenvalue weighted by molar-refractivity contribution is 0.243. The zero-order valence-electron chi connectivity index (χ0n) is 17.9. The van der Waals surface area contributed by atoms with Gasteiger partial charge in [0.05, 0.1) is 0 Å². The number of hydrogen-bond donors (Lipinski definition) is 0. The summed E-state index contributed by atoms with van der Waals surface area (Å²) in [7, 11) is 0. The predicted molar refractivity (Wildman–Crippen MR) is 117 cm³/mol. The van der Waals surface area contributed by atoms with E-state index in [9.17, 15) is 0 Å². The molecule has 0 bridgehead atoms. The van der Waals surface area contributed by atoms with E-state index in [-0.39, 0.29) is 0 Å². The van der Waals surface area contributed by atoms with E-state index in [2.05, 4.69) is 38.2 Å². The summed E-state index contributed by atoms with van der Waals surface area (Å²) in [6.07, 6.45) is 32.7. The third kappa shape index (κ3) is 8.92. The lowest BCUT2D eigenvalue weighted by Gasteiger charge is -2.29. The van der Waals surface area contributed by atoms with Gasteiger partial charge in [-0.2, -0.15) is 0 Å². The molecule has 26 heavy (non-hydrogen) atoms. The molecule has 0 aromatic heterocycles. The van der Waals surface area contributed by atoms with Gasteiger partial charge in [0.1, 0.15) is 0 Å². The van der Waals surface area contributed by atoms with Gasteiger partial charge >= 0.3 is 0 Å². The maximum Gasteiger partial charge on any atom is -0.0322 e. The fourth-order valence-electron chi connectivity index (χ4n) is 5.29. The van der Waals surface area contributed by atoms with Crippen LogP contribution in [-0.2, 0) is 0 Å². The molecule has 2 aliphatic carbocycles. The van der Waals surface area contributed by atoms with E-state index >= 15 is 0 Å². The van der Waals surface area contributed by atoms with Crippen LogP contribution in [0.25, 0.3) is 0 Å². The maximum atomic E-state index is 2.43. The van der Waals surface area contributed by atoms with E-state index in [1.165, 1.54) is 103 Å². The third-order valence-corrected chi connectivity index (χ3v) is 7.15. The van der Waals surface area contributed by atoms with Crippen molar-refractivity contribution in [1.29, 1.82) is 0 Å². The van der Waals surface area contributed by atoms with Crippen molar-refractivity contribution in [2.45, 2.75) is 117 Å². The molecule has 2 fully saturated rings. The fraction of sp³-hybridized carbons (Fsp3) is 0.846. The normalized spacial score (nSPS) is 30.4. The number of hydrogen-bond acceptors (Lipinski definition) is 0. The van der Waals surface area contributed by atoms with Crippen LogP contribution in [-0.4, -0.2) is 0 Å². The second-order valence-electron chi connectivity index (χ2n) is 9.29. The van der Waals surface area contributed by atoms with Crippen molar-refractivity contribution < 1.29 is 0 Å². The molecule has 150 valence electrons. The largest absolute Gasteiger partial charge is 0.0888 e. The van der Waals surface area contributed by atoms with Crippen LogP contribution in [0.5, 0.6) is 0 Å². The smallest absolute Gasteiger partial charge is 0.0322 e. The van der Waals surface area contributed by atoms with Crippen molar-refractivity contribution in [2.24, 2.45) is 23.7 Å². The summed E-state index contributed by atoms with van der Waals surface area (Å²) in [5, 5.41) is 0. The first-order valence-corrected chi connectivity index (χ1v) is 12.1. The first-order chi connectivity index (χ1) is 12.8. The number of rotatable bonds is 11. The molecule has 0 nitrogen and oxygen atoms in total. The highest BCUT2D eigenvalue weighted by Gasteiger charge is 2.22. The molecule has 0 aromatic rings. The Morgan fingerprint density at radius 2 is 0.846 bits per heavy atom. The Morgan fingerprint density at radius 3 is 1.19 bits per heavy atom. The Balaban J connectivity index is 1.46. The molecule has 0 heteroatoms. The standard InChI is InChI=1S/C26H46/c1-3-5-7-11-23-15-19-25(20-16-23)13-9-10-14-26-21-17-24(18-22-26)12-8-6-4-2/h5-8,23-26H,3-4,9-22H2,1-2H3/b7-5+,8-6+. The minimum Gasteiger partial charge on any atom is -0.0888 e. The van der Waals surface area contributed by atoms with E-state index in [4.69, 9.17) is 0 Å². The Hall–Kier alpha value is -0.520. The Labute approximate surface area is 164 Å². The van der Waals surface area contributed by atoms with Gasteiger partial charge in [0.15, 0.2) is 0 Å². The summed E-state index contributed by atoms with van der Waals surface area (Å²) in [6.45, 7) is 4.48. The second kappa shape index (κ2) is 13.6. The van der Waals surface area contributed by atoms with E-state index in [1.807, 2.05) is 0 Å². The van der Waals surface area contributed by atoms with Crippen LogP contribution in [0.15, 0.2) is 24.3 Å². The predicted octanol–water partition coefficient (Wildman–Crippen LogP) is 8.87. The lowest BCUT2D eigenvalue weighted by atomic mass is 9.77. The highest BCUT2D eigenvalue weighted by atomic mass is 14.3. The molecule has 0 amide bonds. The molecule has 0 radical (unpaired) electrons. The molecule has 2 aliphatic rings. The molecular formula is C26H46. The molecule has 0 unspecified atom stereocenters. The molecule has 0 aliphatic heterocycles. The molecule has 0 aromatic carbocycles. The van der Waals surface area contributed by atoms with Crippen molar-refractivity contribution in [3.63, 3.8) is 0 Å². The van der Waals surface area contributed by atoms with Gasteiger partial charge in [-0.05, 0) is 75.0 Å². The van der Waals surface area contributed by atoms with Crippen LogP contribution >= 0.6 is 0 Å². The second-order valence-corrected chi connectivity index (χ2v) is 9.29. The zero-order chi connectivity index (χ0) is 18.5. The summed E-state index contributed by atoms with van der Waals surface area (Å²) >= 11 is 0. The van der Waals surface area contributed by atoms with Gasteiger partial charge in [0.2, 0.25) is 0 Å². The summed E-state index contributed by atoms with van der Waals surface area (Å²) < 4.78 is 0. The van der Waals surface area contributed by atoms with Gasteiger partial charge in [-0.1, -0.05) is 89.5 Å². The molecule has 2 rings (SSSR count). The van der Waals surface area contributed by atoms with Crippen LogP contribution < -0.4 is 0 Å². The van der Waals surface area contributed by atoms with Gasteiger partial charge in [-0.3, -0.25) is 0 Å². The Kier molecular flexibility index (Phi) is 11.4. The van der Waals surface area contributed by atoms with Crippen LogP contribution in [0, 0.1) is 23.7 Å². The topological polar surface area (TPSA) is 0 Å². The van der Waals surface area contributed by atoms with Crippen molar-refractivity contribution in [1.82, 2.24) is 0 Å². The first-order valence-electron chi connectivity index (χ1n) is 12.1. The van der Waals surface area contributed by atoms with Gasteiger partial charge in [0, 0.05) is 0 Å². The van der Waals surface area contributed by atoms with Crippen LogP contribution in [0.3, 0.4) is 0 Å². The van der Waals surface area contributed by atoms with Crippen molar-refractivity contribution in [3.05, 3.63) is 24.3 Å². The van der Waals surface area contributed by atoms with Gasteiger partial charge in [-0.25, -0.2) is 0 Å². The molecule has 0 spiro atoms. The van der Waals surface area contributed by atoms with Crippen molar-refractivity contribution in [2.75, 3.05) is 0 Å². The van der Waals surface area contributed by atoms with E-state index in [1.54, 1.807) is 0 Å². The number of unbranched alkanes of at least 4 members (excludes halogenated alkanes) is 1. The zero-order valence-corrected chi connectivity index (χ0v) is 17.9. The Morgan fingerprint density at radius 1 is 0.500 bits per heavy atom. The average molecular weight is 359 g/mol. The van der Waals surface area contributed by atoms with Gasteiger partial charge in [0.25, 0.3) is 0 Å². The maximum absolute atomic E-state index is 2.43. The molecule has 0 N–H and O–H groups in total. The van der Waals surface area contributed by atoms with Gasteiger partial charge in [-0.15, -0.1) is 0 Å². The summed E-state index contributed by atoms with van der Waals surface area (Å²) in [4.78, 5) is 0. The molecule has 0 atom stereocenters. The van der Waals surface area contributed by atoms with Gasteiger partial charge < -0.3 is 0 Å². The summed E-state index contributed by atoms with van der Waals surface area (Å²) in [6, 6.07) is 0. The highest BCUT2D eigenvalue weighted by Crippen LogP contribution is 2.36. The lowest BCUT2D eigenvalue weighted by Crippen LogP contribution is -2.15. The van der Waals surface area contributed by atoms with E-state index in [0.29, 0.717) is 0 Å². The van der Waals surface area contributed by atoms with Crippen molar-refractivity contribution >= 4 is 0 Å². The van der Waals surface area contributed by atoms with Crippen LogP contribution in [0.1, 0.15) is 117 Å². The molecule has 0 heterocycles. The summed E-state index contributed by atoms with van der Waals surface area (Å²) in [5.41, 5.74) is 0. The molecule has 2 saturated carbocycles. The Bertz CT molecular complexity index is 337. The minimum atomic E-state index is 0.997. The minimum absolute atomic E-state index is 0.997. The fourth-order valence-corrected chi connectivity index (χ4v) is 5.29. The van der Waals surface area contributed by atoms with E-state index < -0.39 is 0 Å². The first kappa shape index (κ1) is 21.8. The number of allylic oxidation sites excluding steroid dienone is 4. The molecular weight excluding hydrogens is 312 g/mol. The highest BCUT2D eigenvalue weighted by molar-refractivity contribution is 4.86. The summed E-state index contributed by atoms with van der Waals surface area (Å²) in [5.74, 6) is 4.11. The quantitative estimate of drug-likeness (QED) is 0.255. The van der Waals surface area contributed by atoms with Crippen LogP contribution in [0.4, 0.5) is 0 Å². The van der Waals surface area contributed by atoms with Crippen LogP contribution in [0.2, 0.25) is 0 Å².